The van der Waals surface area contributed by atoms with Crippen molar-refractivity contribution in [3.05, 3.63) is 123 Å². The second-order valence-electron chi connectivity index (χ2n) is 6.69. The summed E-state index contributed by atoms with van der Waals surface area (Å²) in [5.74, 6) is 0.662. The number of pyridine rings is 1. The van der Waals surface area contributed by atoms with Gasteiger partial charge in [-0.1, -0.05) is 11.6 Å². The zero-order valence-corrected chi connectivity index (χ0v) is 18.7. The summed E-state index contributed by atoms with van der Waals surface area (Å²) >= 11 is 6.03. The number of benzene rings is 2. The molecule has 3 aromatic rings. The fraction of sp³-hybridized carbons (Fsp3) is 0. The van der Waals surface area contributed by atoms with Gasteiger partial charge in [-0.25, -0.2) is 0 Å². The minimum absolute atomic E-state index is 0. The number of rotatable bonds is 4. The standard InChI is InChI=1S/C21H14ClN2O2.C5H5.Fe/c22-15-5-10-18-19(11-12-23-20(18)13-15)24-16-6-8-17(9-7-16)26-21(25)14-3-1-2-4-14;1-2-4-5-3-1;/h1-13H,(H,23,24);1-5H;/q;;+2. The summed E-state index contributed by atoms with van der Waals surface area (Å²) in [5.41, 5.74) is 2.62. The molecule has 1 N–H and O–H groups in total. The van der Waals surface area contributed by atoms with Crippen molar-refractivity contribution in [1.29, 1.82) is 0 Å². The van der Waals surface area contributed by atoms with Crippen molar-refractivity contribution < 1.29 is 26.6 Å². The summed E-state index contributed by atoms with van der Waals surface area (Å²) in [6, 6.07) is 14.7. The van der Waals surface area contributed by atoms with Crippen LogP contribution < -0.4 is 10.1 Å². The van der Waals surface area contributed by atoms with Gasteiger partial charge in [-0.05, 0) is 106 Å². The van der Waals surface area contributed by atoms with Gasteiger partial charge >= 0.3 is 23.0 Å². The van der Waals surface area contributed by atoms with Crippen LogP contribution in [0.4, 0.5) is 11.4 Å². The summed E-state index contributed by atoms with van der Waals surface area (Å²) in [6.45, 7) is 0. The number of ether oxygens (including phenoxy) is 1. The SMILES string of the molecule is O=C(Oc1ccc(Nc2ccnc3cc(Cl)ccc23)cc1)[C]1[CH][CH][CH][CH]1.[CH]1[CH][CH][CH][CH]1.[Fe+2]. The average Bonchev–Trinajstić information content (AvgIpc) is 3.52. The van der Waals surface area contributed by atoms with Crippen LogP contribution in [-0.2, 0) is 21.9 Å². The Balaban J connectivity index is 0.000000427. The maximum atomic E-state index is 12.0. The average molecular weight is 483 g/mol. The number of aromatic nitrogens is 1. The van der Waals surface area contributed by atoms with Gasteiger partial charge in [0.2, 0.25) is 0 Å². The van der Waals surface area contributed by atoms with E-state index < -0.39 is 0 Å². The van der Waals surface area contributed by atoms with Crippen LogP contribution in [0.15, 0.2) is 54.7 Å². The van der Waals surface area contributed by atoms with Crippen LogP contribution in [0.3, 0.4) is 0 Å². The third-order valence-electron chi connectivity index (χ3n) is 4.50. The van der Waals surface area contributed by atoms with Gasteiger partial charge in [-0.15, -0.1) is 0 Å². The zero-order chi connectivity index (χ0) is 21.5. The van der Waals surface area contributed by atoms with Gasteiger partial charge in [-0.2, -0.15) is 0 Å². The Hall–Kier alpha value is -2.07. The third-order valence-corrected chi connectivity index (χ3v) is 4.74. The van der Waals surface area contributed by atoms with E-state index >= 15 is 0 Å². The first-order valence-corrected chi connectivity index (χ1v) is 10.1. The Labute approximate surface area is 205 Å². The minimum Gasteiger partial charge on any atom is -0.426 e. The Morgan fingerprint density at radius 2 is 1.50 bits per heavy atom. The number of carbonyl (C=O) groups is 1. The molecule has 5 rings (SSSR count). The van der Waals surface area contributed by atoms with E-state index in [4.69, 9.17) is 16.3 Å². The zero-order valence-electron chi connectivity index (χ0n) is 16.9. The third kappa shape index (κ3) is 6.71. The molecule has 0 aliphatic heterocycles. The van der Waals surface area contributed by atoms with Gasteiger partial charge in [0, 0.05) is 28.0 Å². The van der Waals surface area contributed by atoms with Gasteiger partial charge in [0.1, 0.15) is 5.75 Å². The molecule has 158 valence electrons. The minimum atomic E-state index is -0.368. The Morgan fingerprint density at radius 3 is 2.16 bits per heavy atom. The first-order valence-electron chi connectivity index (χ1n) is 9.71. The molecule has 1 aromatic heterocycles. The maximum absolute atomic E-state index is 12.0. The Bertz CT molecular complexity index is 1010. The van der Waals surface area contributed by atoms with Crippen molar-refractivity contribution in [2.24, 2.45) is 0 Å². The molecule has 4 nitrogen and oxygen atoms in total. The molecule has 0 atom stereocenters. The van der Waals surface area contributed by atoms with Crippen LogP contribution in [0.25, 0.3) is 10.9 Å². The fourth-order valence-corrected chi connectivity index (χ4v) is 3.16. The van der Waals surface area contributed by atoms with E-state index in [9.17, 15) is 4.79 Å². The number of esters is 1. The van der Waals surface area contributed by atoms with Crippen LogP contribution >= 0.6 is 11.6 Å². The quantitative estimate of drug-likeness (QED) is 0.283. The molecule has 2 aliphatic carbocycles. The number of halogens is 1. The molecule has 0 bridgehead atoms. The number of fused-ring (bicyclic) bond motifs is 1. The maximum Gasteiger partial charge on any atom is 2.00 e. The van der Waals surface area contributed by atoms with Crippen molar-refractivity contribution in [2.45, 2.75) is 0 Å². The summed E-state index contributed by atoms with van der Waals surface area (Å²) in [5, 5.41) is 4.98. The number of hydrogen-bond donors (Lipinski definition) is 1. The molecule has 0 spiro atoms. The molecular weight excluding hydrogens is 464 g/mol. The van der Waals surface area contributed by atoms with E-state index in [-0.39, 0.29) is 23.0 Å². The predicted octanol–water partition coefficient (Wildman–Crippen LogP) is 5.96. The van der Waals surface area contributed by atoms with E-state index in [1.165, 1.54) is 0 Å². The van der Waals surface area contributed by atoms with Crippen LogP contribution in [-0.4, -0.2) is 11.0 Å². The van der Waals surface area contributed by atoms with Crippen molar-refractivity contribution >= 4 is 39.8 Å². The number of carbonyl (C=O) groups excluding carboxylic acids is 1. The fourth-order valence-electron chi connectivity index (χ4n) is 2.99. The molecule has 32 heavy (non-hydrogen) atoms. The summed E-state index contributed by atoms with van der Waals surface area (Å²) in [4.78, 5) is 16.3. The first kappa shape index (κ1) is 24.6. The number of hydrogen-bond acceptors (Lipinski definition) is 4. The van der Waals surface area contributed by atoms with Crippen LogP contribution in [0.2, 0.25) is 5.02 Å². The molecule has 6 heteroatoms. The van der Waals surface area contributed by atoms with Gasteiger partial charge in [-0.3, -0.25) is 9.78 Å². The molecule has 2 fully saturated rings. The van der Waals surface area contributed by atoms with E-state index in [0.29, 0.717) is 16.7 Å². The van der Waals surface area contributed by atoms with Crippen LogP contribution in [0.5, 0.6) is 5.75 Å². The predicted molar refractivity (Wildman–Crippen MR) is 124 cm³/mol. The number of nitrogens with zero attached hydrogens (tertiary/aromatic N) is 1. The van der Waals surface area contributed by atoms with Crippen LogP contribution in [0, 0.1) is 63.7 Å². The Morgan fingerprint density at radius 1 is 0.844 bits per heavy atom. The largest absolute Gasteiger partial charge is 2.00 e. The smallest absolute Gasteiger partial charge is 0.426 e. The van der Waals surface area contributed by atoms with Gasteiger partial charge < -0.3 is 10.1 Å². The molecular formula is C26H19ClFeN2O2+2. The van der Waals surface area contributed by atoms with E-state index in [1.807, 2.05) is 68.5 Å². The van der Waals surface area contributed by atoms with E-state index in [0.717, 1.165) is 22.3 Å². The summed E-state index contributed by atoms with van der Waals surface area (Å²) in [7, 11) is 0. The molecule has 0 saturated heterocycles. The Kier molecular flexibility index (Phi) is 9.40. The molecule has 2 aromatic carbocycles. The number of anilines is 2. The molecule has 10 radical (unpaired) electrons. The monoisotopic (exact) mass is 482 g/mol. The van der Waals surface area contributed by atoms with Gasteiger partial charge in [0.05, 0.1) is 11.4 Å². The molecule has 0 amide bonds. The molecule has 2 aliphatic rings. The van der Waals surface area contributed by atoms with Crippen molar-refractivity contribution in [2.75, 3.05) is 5.32 Å². The van der Waals surface area contributed by atoms with Crippen molar-refractivity contribution in [3.8, 4) is 5.75 Å². The van der Waals surface area contributed by atoms with Crippen molar-refractivity contribution in [1.82, 2.24) is 4.98 Å². The van der Waals surface area contributed by atoms with Crippen LogP contribution in [0.1, 0.15) is 0 Å². The normalized spacial score (nSPS) is 15.5. The molecule has 2 saturated carbocycles. The van der Waals surface area contributed by atoms with Gasteiger partial charge in [0.15, 0.2) is 0 Å². The second kappa shape index (κ2) is 12.2. The van der Waals surface area contributed by atoms with Gasteiger partial charge in [0.25, 0.3) is 0 Å². The topological polar surface area (TPSA) is 51.2 Å². The number of nitrogens with one attached hydrogen (secondary N) is 1. The summed E-state index contributed by atoms with van der Waals surface area (Å²) in [6.07, 6.45) is 18.8. The first-order chi connectivity index (χ1) is 15.2. The molecule has 1 heterocycles. The second-order valence-corrected chi connectivity index (χ2v) is 7.13. The van der Waals surface area contributed by atoms with Crippen molar-refractivity contribution in [3.63, 3.8) is 0 Å². The summed E-state index contributed by atoms with van der Waals surface area (Å²) < 4.78 is 5.36. The molecule has 0 unspecified atom stereocenters. The van der Waals surface area contributed by atoms with E-state index in [2.05, 4.69) is 10.3 Å². The van der Waals surface area contributed by atoms with E-state index in [1.54, 1.807) is 44.0 Å².